The molecule has 2 aromatic heterocycles. The number of carbonyl (C=O) groups is 3. The number of anilines is 1. The number of aromatic carboxylic acids is 1. The summed E-state index contributed by atoms with van der Waals surface area (Å²) in [6.45, 7) is 4.15. The summed E-state index contributed by atoms with van der Waals surface area (Å²) in [5.41, 5.74) is 10.7. The predicted molar refractivity (Wildman–Crippen MR) is 171 cm³/mol. The van der Waals surface area contributed by atoms with Crippen molar-refractivity contribution in [3.05, 3.63) is 87.0 Å². The van der Waals surface area contributed by atoms with Crippen molar-refractivity contribution in [3.8, 4) is 27.3 Å². The summed E-state index contributed by atoms with van der Waals surface area (Å²) in [6, 6.07) is 12.0. The molecule has 238 valence electrons. The van der Waals surface area contributed by atoms with Crippen LogP contribution in [-0.2, 0) is 13.0 Å². The minimum atomic E-state index is -2.85. The van der Waals surface area contributed by atoms with E-state index in [1.165, 1.54) is 28.4 Å². The van der Waals surface area contributed by atoms with E-state index in [1.54, 1.807) is 12.1 Å². The van der Waals surface area contributed by atoms with Crippen molar-refractivity contribution in [1.82, 2.24) is 9.88 Å². The van der Waals surface area contributed by atoms with Gasteiger partial charge in [0, 0.05) is 71.7 Å². The SMILES string of the molecule is Cc1cc(CN)cc(C)c1NC(=O)c1cc2c(cc1-c1ccc(C(=O)N3CCC(F)(F)CC3)nc1C(=O)O)OCCc1ccsc1-2. The van der Waals surface area contributed by atoms with Gasteiger partial charge in [-0.3, -0.25) is 9.59 Å². The molecule has 46 heavy (non-hydrogen) atoms. The van der Waals surface area contributed by atoms with Crippen LogP contribution in [0, 0.1) is 13.8 Å². The Morgan fingerprint density at radius 3 is 2.43 bits per heavy atom. The van der Waals surface area contributed by atoms with E-state index >= 15 is 0 Å². The number of carbonyl (C=O) groups excluding carboxylic acids is 2. The van der Waals surface area contributed by atoms with Crippen LogP contribution in [0.4, 0.5) is 14.5 Å². The standard InChI is InChI=1S/C34H32F2N4O5S/c1-18-13-20(17-37)14-19(2)28(18)39-31(41)24-15-25-27(45-11-5-21-6-12-46-30(21)25)16-23(24)22-3-4-26(38-29(22)33(43)44)32(42)40-9-7-34(35,36)8-10-40/h3-4,6,12-16H,5,7-11,17,37H2,1-2H3,(H,39,41)(H,43,44). The molecule has 0 unspecified atom stereocenters. The first-order valence-corrected chi connectivity index (χ1v) is 15.7. The molecule has 2 aromatic carbocycles. The van der Waals surface area contributed by atoms with Gasteiger partial charge in [0.25, 0.3) is 17.7 Å². The van der Waals surface area contributed by atoms with E-state index in [2.05, 4.69) is 10.3 Å². The largest absolute Gasteiger partial charge is 0.493 e. The number of nitrogens with two attached hydrogens (primary N) is 1. The van der Waals surface area contributed by atoms with Crippen molar-refractivity contribution in [2.45, 2.75) is 45.6 Å². The molecule has 6 rings (SSSR count). The van der Waals surface area contributed by atoms with Gasteiger partial charge in [-0.2, -0.15) is 0 Å². The zero-order chi connectivity index (χ0) is 32.7. The van der Waals surface area contributed by atoms with Crippen molar-refractivity contribution in [2.75, 3.05) is 25.0 Å². The van der Waals surface area contributed by atoms with Crippen LogP contribution in [0.25, 0.3) is 21.6 Å². The molecule has 4 N–H and O–H groups in total. The Hall–Kier alpha value is -4.68. The van der Waals surface area contributed by atoms with E-state index in [0.29, 0.717) is 36.6 Å². The zero-order valence-electron chi connectivity index (χ0n) is 25.3. The topological polar surface area (TPSA) is 135 Å². The van der Waals surface area contributed by atoms with Crippen LogP contribution in [0.5, 0.6) is 5.75 Å². The normalized spacial score (nSPS) is 15.3. The Labute approximate surface area is 268 Å². The molecule has 4 heterocycles. The number of benzene rings is 2. The van der Waals surface area contributed by atoms with Crippen LogP contribution in [-0.4, -0.2) is 58.4 Å². The number of ether oxygens (including phenoxy) is 1. The number of rotatable bonds is 6. The lowest BCUT2D eigenvalue weighted by atomic mass is 9.93. The lowest BCUT2D eigenvalue weighted by Crippen LogP contribution is -2.43. The molecule has 1 saturated heterocycles. The number of likely N-dealkylation sites (tertiary alicyclic amines) is 1. The first-order chi connectivity index (χ1) is 22.0. The number of hydrogen-bond donors (Lipinski definition) is 3. The molecule has 1 fully saturated rings. The maximum atomic E-state index is 14.1. The monoisotopic (exact) mass is 646 g/mol. The number of thiophene rings is 1. The maximum Gasteiger partial charge on any atom is 0.355 e. The number of aryl methyl sites for hydroxylation is 2. The fraction of sp³-hybridized carbons (Fsp3) is 0.294. The van der Waals surface area contributed by atoms with Gasteiger partial charge in [-0.05, 0) is 71.8 Å². The molecule has 2 aliphatic rings. The number of fused-ring (bicyclic) bond motifs is 3. The highest BCUT2D eigenvalue weighted by molar-refractivity contribution is 7.13. The number of aromatic nitrogens is 1. The Balaban J connectivity index is 1.46. The highest BCUT2D eigenvalue weighted by atomic mass is 32.1. The summed E-state index contributed by atoms with van der Waals surface area (Å²) in [5, 5.41) is 15.3. The average molecular weight is 647 g/mol. The van der Waals surface area contributed by atoms with Gasteiger partial charge >= 0.3 is 5.97 Å². The molecule has 0 atom stereocenters. The molecule has 4 aromatic rings. The van der Waals surface area contributed by atoms with Gasteiger partial charge < -0.3 is 25.8 Å². The van der Waals surface area contributed by atoms with Crippen molar-refractivity contribution >= 4 is 34.8 Å². The minimum Gasteiger partial charge on any atom is -0.493 e. The highest BCUT2D eigenvalue weighted by Gasteiger charge is 2.36. The molecular formula is C34H32F2N4O5S. The number of nitrogens with zero attached hydrogens (tertiary/aromatic N) is 2. The van der Waals surface area contributed by atoms with Gasteiger partial charge in [0.15, 0.2) is 5.69 Å². The number of nitrogens with one attached hydrogen (secondary N) is 1. The quantitative estimate of drug-likeness (QED) is 0.224. The van der Waals surface area contributed by atoms with Crippen molar-refractivity contribution < 1.29 is 33.0 Å². The number of halogens is 2. The van der Waals surface area contributed by atoms with Crippen LogP contribution in [0.3, 0.4) is 0 Å². The summed E-state index contributed by atoms with van der Waals surface area (Å²) < 4.78 is 33.5. The van der Waals surface area contributed by atoms with Gasteiger partial charge in [0.05, 0.1) is 6.61 Å². The lowest BCUT2D eigenvalue weighted by molar-refractivity contribution is -0.0495. The molecule has 0 saturated carbocycles. The predicted octanol–water partition coefficient (Wildman–Crippen LogP) is 6.31. The summed E-state index contributed by atoms with van der Waals surface area (Å²) in [5.74, 6) is -4.89. The van der Waals surface area contributed by atoms with Gasteiger partial charge in [0.2, 0.25) is 0 Å². The third-order valence-electron chi connectivity index (χ3n) is 8.44. The van der Waals surface area contributed by atoms with E-state index < -0.39 is 42.2 Å². The zero-order valence-corrected chi connectivity index (χ0v) is 26.1. The van der Waals surface area contributed by atoms with Crippen LogP contribution in [0.15, 0.2) is 47.8 Å². The summed E-state index contributed by atoms with van der Waals surface area (Å²) in [6.07, 6.45) is -0.288. The molecule has 0 spiro atoms. The molecule has 2 amide bonds. The van der Waals surface area contributed by atoms with Crippen molar-refractivity contribution in [3.63, 3.8) is 0 Å². The lowest BCUT2D eigenvalue weighted by Gasteiger charge is -2.31. The van der Waals surface area contributed by atoms with Crippen LogP contribution >= 0.6 is 11.3 Å². The van der Waals surface area contributed by atoms with Gasteiger partial charge in [-0.15, -0.1) is 11.3 Å². The second-order valence-electron chi connectivity index (χ2n) is 11.6. The van der Waals surface area contributed by atoms with E-state index in [4.69, 9.17) is 10.5 Å². The first-order valence-electron chi connectivity index (χ1n) is 14.9. The summed E-state index contributed by atoms with van der Waals surface area (Å²) in [7, 11) is 0. The average Bonchev–Trinajstić information content (AvgIpc) is 3.43. The third kappa shape index (κ3) is 5.97. The van der Waals surface area contributed by atoms with Crippen molar-refractivity contribution in [1.29, 1.82) is 0 Å². The number of piperidine rings is 1. The number of carboxylic acids is 1. The Morgan fingerprint density at radius 2 is 1.76 bits per heavy atom. The molecule has 12 heteroatoms. The van der Waals surface area contributed by atoms with Gasteiger partial charge in [-0.25, -0.2) is 18.6 Å². The number of amides is 2. The first kappa shape index (κ1) is 31.3. The highest BCUT2D eigenvalue weighted by Crippen LogP contribution is 2.43. The summed E-state index contributed by atoms with van der Waals surface area (Å²) >= 11 is 1.52. The van der Waals surface area contributed by atoms with Crippen LogP contribution < -0.4 is 15.8 Å². The van der Waals surface area contributed by atoms with E-state index in [0.717, 1.165) is 27.1 Å². The van der Waals surface area contributed by atoms with E-state index in [9.17, 15) is 28.3 Å². The van der Waals surface area contributed by atoms with Crippen LogP contribution in [0.1, 0.15) is 66.4 Å². The molecule has 9 nitrogen and oxygen atoms in total. The number of alkyl halides is 2. The fourth-order valence-corrected chi connectivity index (χ4v) is 7.01. The second-order valence-corrected chi connectivity index (χ2v) is 12.5. The number of pyridine rings is 1. The van der Waals surface area contributed by atoms with Crippen molar-refractivity contribution in [2.24, 2.45) is 5.73 Å². The fourth-order valence-electron chi connectivity index (χ4n) is 6.03. The molecule has 0 radical (unpaired) electrons. The maximum absolute atomic E-state index is 14.1. The second kappa shape index (κ2) is 12.3. The Bertz CT molecular complexity index is 1860. The Morgan fingerprint density at radius 1 is 1.04 bits per heavy atom. The smallest absolute Gasteiger partial charge is 0.355 e. The van der Waals surface area contributed by atoms with Gasteiger partial charge in [0.1, 0.15) is 11.4 Å². The molecule has 0 bridgehead atoms. The minimum absolute atomic E-state index is 0.105. The Kier molecular flexibility index (Phi) is 8.34. The van der Waals surface area contributed by atoms with Gasteiger partial charge in [-0.1, -0.05) is 12.1 Å². The molecule has 0 aliphatic carbocycles. The molecular weight excluding hydrogens is 614 g/mol. The van der Waals surface area contributed by atoms with E-state index in [1.807, 2.05) is 37.4 Å². The van der Waals surface area contributed by atoms with Crippen LogP contribution in [0.2, 0.25) is 0 Å². The molecule has 2 aliphatic heterocycles. The van der Waals surface area contributed by atoms with E-state index in [-0.39, 0.29) is 35.5 Å². The number of carboxylic acid groups (broad SMARTS) is 1. The number of hydrogen-bond acceptors (Lipinski definition) is 7. The third-order valence-corrected chi connectivity index (χ3v) is 9.43. The summed E-state index contributed by atoms with van der Waals surface area (Å²) in [4.78, 5) is 46.3.